The predicted molar refractivity (Wildman–Crippen MR) is 91.1 cm³/mol. The van der Waals surface area contributed by atoms with Crippen molar-refractivity contribution in [1.29, 1.82) is 0 Å². The lowest BCUT2D eigenvalue weighted by Gasteiger charge is -2.00. The fraction of sp³-hybridized carbons (Fsp3) is 0.842. The summed E-state index contributed by atoms with van der Waals surface area (Å²) in [5, 5.41) is 8.57. The lowest BCUT2D eigenvalue weighted by Crippen LogP contribution is -1.97. The van der Waals surface area contributed by atoms with Gasteiger partial charge in [0.15, 0.2) is 0 Å². The Labute approximate surface area is 136 Å². The van der Waals surface area contributed by atoms with Gasteiger partial charge in [-0.15, -0.1) is 0 Å². The van der Waals surface area contributed by atoms with Crippen LogP contribution in [0.4, 0.5) is 0 Å². The van der Waals surface area contributed by atoms with E-state index in [4.69, 9.17) is 9.84 Å². The van der Waals surface area contributed by atoms with E-state index < -0.39 is 5.97 Å². The molecule has 0 aromatic rings. The highest BCUT2D eigenvalue weighted by atomic mass is 16.6. The number of hydrogen-bond acceptors (Lipinski definition) is 2. The molecule has 0 aliphatic carbocycles. The highest BCUT2D eigenvalue weighted by molar-refractivity contribution is 5.66. The molecule has 0 aromatic heterocycles. The van der Waals surface area contributed by atoms with Gasteiger partial charge in [0.05, 0.1) is 6.10 Å². The summed E-state index contributed by atoms with van der Waals surface area (Å²) in [5.41, 5.74) is 0. The number of ether oxygens (including phenoxy) is 1. The smallest absolute Gasteiger partial charge is 0.303 e. The van der Waals surface area contributed by atoms with Crippen LogP contribution in [0.25, 0.3) is 0 Å². The van der Waals surface area contributed by atoms with E-state index in [-0.39, 0.29) is 18.6 Å². The fourth-order valence-electron chi connectivity index (χ4n) is 2.82. The molecule has 128 valence electrons. The first-order chi connectivity index (χ1) is 10.7. The summed E-state index contributed by atoms with van der Waals surface area (Å²) in [7, 11) is 0. The number of rotatable bonds is 15. The average Bonchev–Trinajstić information content (AvgIpc) is 3.23. The molecule has 0 radical (unpaired) electrons. The molecule has 1 rings (SSSR count). The molecular formula is C19H34O3. The molecule has 3 heteroatoms. The quantitative estimate of drug-likeness (QED) is 0.247. The third-order valence-corrected chi connectivity index (χ3v) is 4.30. The maximum Gasteiger partial charge on any atom is 0.303 e. The standard InChI is InChI=1S/C19H34O3/c1-2-3-4-5-6-7-8-9-10-11-12-14-17-18(22-17)15-13-16-19(20)21/h12,14,17-18H,2-11,13,15-16H2,1H3,(H,20,21)/b14-12+. The molecule has 0 aromatic carbocycles. The second-order valence-electron chi connectivity index (χ2n) is 6.47. The number of allylic oxidation sites excluding steroid dienone is 1. The maximum absolute atomic E-state index is 10.4. The van der Waals surface area contributed by atoms with Gasteiger partial charge < -0.3 is 9.84 Å². The SMILES string of the molecule is CCCCCCCCCCC/C=C/C1OC1CCCC(=O)O. The topological polar surface area (TPSA) is 49.8 Å². The highest BCUT2D eigenvalue weighted by Crippen LogP contribution is 2.28. The number of carboxylic acids is 1. The van der Waals surface area contributed by atoms with E-state index >= 15 is 0 Å². The molecule has 0 saturated carbocycles. The zero-order chi connectivity index (χ0) is 16.0. The van der Waals surface area contributed by atoms with Crippen molar-refractivity contribution in [3.05, 3.63) is 12.2 Å². The van der Waals surface area contributed by atoms with Crippen LogP contribution >= 0.6 is 0 Å². The molecular weight excluding hydrogens is 276 g/mol. The summed E-state index contributed by atoms with van der Waals surface area (Å²) >= 11 is 0. The molecule has 3 nitrogen and oxygen atoms in total. The summed E-state index contributed by atoms with van der Waals surface area (Å²) < 4.78 is 5.51. The number of epoxide rings is 1. The van der Waals surface area contributed by atoms with E-state index in [2.05, 4.69) is 19.1 Å². The van der Waals surface area contributed by atoms with Gasteiger partial charge in [-0.05, 0) is 25.7 Å². The van der Waals surface area contributed by atoms with Gasteiger partial charge in [-0.25, -0.2) is 0 Å². The first kappa shape index (κ1) is 19.2. The van der Waals surface area contributed by atoms with Crippen molar-refractivity contribution in [3.8, 4) is 0 Å². The lowest BCUT2D eigenvalue weighted by molar-refractivity contribution is -0.137. The van der Waals surface area contributed by atoms with Crippen LogP contribution in [0.1, 0.15) is 90.4 Å². The Hall–Kier alpha value is -0.830. The molecule has 0 bridgehead atoms. The van der Waals surface area contributed by atoms with Gasteiger partial charge in [0.1, 0.15) is 6.10 Å². The molecule has 2 atom stereocenters. The van der Waals surface area contributed by atoms with Gasteiger partial charge >= 0.3 is 5.97 Å². The molecule has 1 N–H and O–H groups in total. The molecule has 1 heterocycles. The number of carbonyl (C=O) groups is 1. The van der Waals surface area contributed by atoms with Crippen molar-refractivity contribution in [2.24, 2.45) is 0 Å². The van der Waals surface area contributed by atoms with Gasteiger partial charge in [-0.3, -0.25) is 4.79 Å². The van der Waals surface area contributed by atoms with Crippen molar-refractivity contribution in [1.82, 2.24) is 0 Å². The van der Waals surface area contributed by atoms with Gasteiger partial charge in [-0.2, -0.15) is 0 Å². The number of hydrogen-bond donors (Lipinski definition) is 1. The van der Waals surface area contributed by atoms with E-state index in [1.165, 1.54) is 57.8 Å². The molecule has 1 saturated heterocycles. The largest absolute Gasteiger partial charge is 0.481 e. The van der Waals surface area contributed by atoms with Crippen LogP contribution in [0.2, 0.25) is 0 Å². The highest BCUT2D eigenvalue weighted by Gasteiger charge is 2.35. The maximum atomic E-state index is 10.4. The minimum absolute atomic E-state index is 0.257. The Bertz CT molecular complexity index is 312. The van der Waals surface area contributed by atoms with Crippen LogP contribution in [0.5, 0.6) is 0 Å². The van der Waals surface area contributed by atoms with E-state index in [1.807, 2.05) is 0 Å². The van der Waals surface area contributed by atoms with Gasteiger partial charge in [-0.1, -0.05) is 70.4 Å². The molecule has 1 aliphatic rings. The number of carboxylic acid groups (broad SMARTS) is 1. The Morgan fingerprint density at radius 3 is 2.27 bits per heavy atom. The van der Waals surface area contributed by atoms with Crippen molar-refractivity contribution in [2.75, 3.05) is 0 Å². The van der Waals surface area contributed by atoms with Gasteiger partial charge in [0.25, 0.3) is 0 Å². The minimum atomic E-state index is -0.710. The Morgan fingerprint density at radius 2 is 1.64 bits per heavy atom. The molecule has 22 heavy (non-hydrogen) atoms. The molecule has 2 unspecified atom stereocenters. The summed E-state index contributed by atoms with van der Waals surface area (Å²) in [5.74, 6) is -0.710. The Kier molecular flexibility index (Phi) is 11.1. The van der Waals surface area contributed by atoms with E-state index in [0.29, 0.717) is 0 Å². The summed E-state index contributed by atoms with van der Waals surface area (Å²) in [4.78, 5) is 10.4. The second kappa shape index (κ2) is 12.7. The van der Waals surface area contributed by atoms with Crippen LogP contribution in [-0.4, -0.2) is 23.3 Å². The van der Waals surface area contributed by atoms with Crippen LogP contribution in [0.3, 0.4) is 0 Å². The van der Waals surface area contributed by atoms with Crippen LogP contribution < -0.4 is 0 Å². The van der Waals surface area contributed by atoms with E-state index in [9.17, 15) is 4.79 Å². The first-order valence-electron chi connectivity index (χ1n) is 9.28. The van der Waals surface area contributed by atoms with E-state index in [1.54, 1.807) is 0 Å². The zero-order valence-corrected chi connectivity index (χ0v) is 14.3. The molecule has 0 spiro atoms. The number of unbranched alkanes of at least 4 members (excludes halogenated alkanes) is 9. The summed E-state index contributed by atoms with van der Waals surface area (Å²) in [6, 6.07) is 0. The van der Waals surface area contributed by atoms with Crippen LogP contribution in [0.15, 0.2) is 12.2 Å². The Balaban J connectivity index is 1.80. The molecule has 1 aliphatic heterocycles. The zero-order valence-electron chi connectivity index (χ0n) is 14.3. The molecule has 0 amide bonds. The minimum Gasteiger partial charge on any atom is -0.481 e. The van der Waals surface area contributed by atoms with Crippen LogP contribution in [-0.2, 0) is 9.53 Å². The van der Waals surface area contributed by atoms with Crippen molar-refractivity contribution in [3.63, 3.8) is 0 Å². The van der Waals surface area contributed by atoms with Crippen molar-refractivity contribution >= 4 is 5.97 Å². The third kappa shape index (κ3) is 10.8. The normalized spacial score (nSPS) is 20.6. The Morgan fingerprint density at radius 1 is 1.00 bits per heavy atom. The van der Waals surface area contributed by atoms with Crippen LogP contribution in [0, 0.1) is 0 Å². The third-order valence-electron chi connectivity index (χ3n) is 4.30. The fourth-order valence-corrected chi connectivity index (χ4v) is 2.82. The second-order valence-corrected chi connectivity index (χ2v) is 6.47. The monoisotopic (exact) mass is 310 g/mol. The first-order valence-corrected chi connectivity index (χ1v) is 9.28. The van der Waals surface area contributed by atoms with Crippen molar-refractivity contribution in [2.45, 2.75) is 103 Å². The predicted octanol–water partition coefficient (Wildman–Crippen LogP) is 5.49. The van der Waals surface area contributed by atoms with Crippen molar-refractivity contribution < 1.29 is 14.6 Å². The number of aliphatic carboxylic acids is 1. The van der Waals surface area contributed by atoms with E-state index in [0.717, 1.165) is 19.3 Å². The van der Waals surface area contributed by atoms with Gasteiger partial charge in [0, 0.05) is 6.42 Å². The summed E-state index contributed by atoms with van der Waals surface area (Å²) in [6.45, 7) is 2.26. The van der Waals surface area contributed by atoms with Gasteiger partial charge in [0.2, 0.25) is 0 Å². The molecule has 1 fully saturated rings. The lowest BCUT2D eigenvalue weighted by atomic mass is 10.1. The summed E-state index contributed by atoms with van der Waals surface area (Å²) in [6.07, 6.45) is 20.3. The average molecular weight is 310 g/mol.